The summed E-state index contributed by atoms with van der Waals surface area (Å²) in [4.78, 5) is 23.3. The average Bonchev–Trinajstić information content (AvgIpc) is 2.38. The highest BCUT2D eigenvalue weighted by atomic mass is 16.3. The maximum atomic E-state index is 11.7. The number of aliphatic hydroxyl groups excluding tert-OH is 1. The predicted octanol–water partition coefficient (Wildman–Crippen LogP) is 1.13. The molecule has 1 rings (SSSR count). The molecule has 1 aromatic rings. The molecule has 0 aliphatic carbocycles. The topological polar surface area (TPSA) is 78.4 Å². The molecule has 0 radical (unpaired) electrons. The number of aliphatic hydroxyl groups is 1. The van der Waals surface area contributed by atoms with Crippen molar-refractivity contribution >= 4 is 17.5 Å². The Kier molecular flexibility index (Phi) is 5.51. The van der Waals surface area contributed by atoms with Crippen molar-refractivity contribution in [1.29, 1.82) is 0 Å². The smallest absolute Gasteiger partial charge is 0.313 e. The Morgan fingerprint density at radius 3 is 2.47 bits per heavy atom. The van der Waals surface area contributed by atoms with Crippen molar-refractivity contribution in [3.05, 3.63) is 29.3 Å². The summed E-state index contributed by atoms with van der Waals surface area (Å²) in [5.41, 5.74) is 2.60. The van der Waals surface area contributed by atoms with Gasteiger partial charge in [-0.25, -0.2) is 0 Å². The number of carbonyl (C=O) groups is 2. The number of hydrogen-bond acceptors (Lipinski definition) is 3. The number of hydrogen-bond donors (Lipinski definition) is 3. The van der Waals surface area contributed by atoms with Crippen LogP contribution >= 0.6 is 0 Å². The van der Waals surface area contributed by atoms with Gasteiger partial charge in [0.2, 0.25) is 0 Å². The van der Waals surface area contributed by atoms with Gasteiger partial charge in [-0.05, 0) is 31.9 Å². The number of rotatable bonds is 4. The van der Waals surface area contributed by atoms with E-state index in [9.17, 15) is 9.59 Å². The van der Waals surface area contributed by atoms with Gasteiger partial charge in [0.05, 0.1) is 12.6 Å². The average molecular weight is 264 g/mol. The summed E-state index contributed by atoms with van der Waals surface area (Å²) in [5, 5.41) is 14.0. The molecule has 0 aliphatic heterocycles. The fraction of sp³-hybridized carbons (Fsp3) is 0.429. The van der Waals surface area contributed by atoms with Crippen LogP contribution in [0, 0.1) is 13.8 Å². The van der Waals surface area contributed by atoms with E-state index in [4.69, 9.17) is 5.11 Å². The van der Waals surface area contributed by atoms with Crippen molar-refractivity contribution in [2.24, 2.45) is 0 Å². The number of nitrogens with one attached hydrogen (secondary N) is 2. The number of carbonyl (C=O) groups excluding carboxylic acids is 2. The first-order chi connectivity index (χ1) is 8.97. The molecule has 19 heavy (non-hydrogen) atoms. The molecule has 0 saturated carbocycles. The van der Waals surface area contributed by atoms with Crippen LogP contribution in [0.1, 0.15) is 24.5 Å². The maximum absolute atomic E-state index is 11.7. The standard InChI is InChI=1S/C14H20N2O3/c1-4-11(8-17)15-13(18)14(19)16-12-6-5-9(2)7-10(12)3/h5-7,11,17H,4,8H2,1-3H3,(H,15,18)(H,16,19). The van der Waals surface area contributed by atoms with E-state index in [1.165, 1.54) is 0 Å². The first-order valence-corrected chi connectivity index (χ1v) is 6.27. The van der Waals surface area contributed by atoms with E-state index in [1.807, 2.05) is 32.9 Å². The van der Waals surface area contributed by atoms with Crippen molar-refractivity contribution in [3.63, 3.8) is 0 Å². The SMILES string of the molecule is CCC(CO)NC(=O)C(=O)Nc1ccc(C)cc1C. The normalized spacial score (nSPS) is 11.8. The van der Waals surface area contributed by atoms with Crippen LogP contribution in [0.15, 0.2) is 18.2 Å². The highest BCUT2D eigenvalue weighted by molar-refractivity contribution is 6.39. The summed E-state index contributed by atoms with van der Waals surface area (Å²) < 4.78 is 0. The molecule has 0 aromatic heterocycles. The quantitative estimate of drug-likeness (QED) is 0.713. The molecule has 2 amide bonds. The molecule has 1 unspecified atom stereocenters. The second-order valence-electron chi connectivity index (χ2n) is 4.53. The van der Waals surface area contributed by atoms with Gasteiger partial charge in [0.25, 0.3) is 0 Å². The van der Waals surface area contributed by atoms with Gasteiger partial charge in [0.15, 0.2) is 0 Å². The third-order valence-electron chi connectivity index (χ3n) is 2.88. The Morgan fingerprint density at radius 1 is 1.26 bits per heavy atom. The summed E-state index contributed by atoms with van der Waals surface area (Å²) in [6, 6.07) is 5.16. The van der Waals surface area contributed by atoms with E-state index in [2.05, 4.69) is 10.6 Å². The van der Waals surface area contributed by atoms with Crippen molar-refractivity contribution in [2.75, 3.05) is 11.9 Å². The van der Waals surface area contributed by atoms with Crippen LogP contribution in [-0.4, -0.2) is 29.6 Å². The second-order valence-corrected chi connectivity index (χ2v) is 4.53. The zero-order valence-electron chi connectivity index (χ0n) is 11.5. The van der Waals surface area contributed by atoms with E-state index < -0.39 is 17.9 Å². The molecular weight excluding hydrogens is 244 g/mol. The fourth-order valence-electron chi connectivity index (χ4n) is 1.66. The minimum atomic E-state index is -0.735. The molecule has 3 N–H and O–H groups in total. The van der Waals surface area contributed by atoms with Gasteiger partial charge in [0, 0.05) is 5.69 Å². The van der Waals surface area contributed by atoms with Gasteiger partial charge in [-0.2, -0.15) is 0 Å². The highest BCUT2D eigenvalue weighted by Gasteiger charge is 2.17. The molecule has 5 heteroatoms. The van der Waals surface area contributed by atoms with Gasteiger partial charge in [-0.3, -0.25) is 9.59 Å². The molecule has 0 bridgehead atoms. The van der Waals surface area contributed by atoms with Gasteiger partial charge >= 0.3 is 11.8 Å². The Labute approximate surface area is 113 Å². The molecular formula is C14H20N2O3. The molecule has 0 fully saturated rings. The lowest BCUT2D eigenvalue weighted by atomic mass is 10.1. The molecule has 104 valence electrons. The third-order valence-corrected chi connectivity index (χ3v) is 2.88. The number of amides is 2. The zero-order chi connectivity index (χ0) is 14.4. The van der Waals surface area contributed by atoms with Crippen LogP contribution in [0.3, 0.4) is 0 Å². The zero-order valence-corrected chi connectivity index (χ0v) is 11.5. The molecule has 0 spiro atoms. The number of anilines is 1. The first-order valence-electron chi connectivity index (χ1n) is 6.27. The second kappa shape index (κ2) is 6.89. The Hall–Kier alpha value is -1.88. The molecule has 5 nitrogen and oxygen atoms in total. The van der Waals surface area contributed by atoms with Crippen molar-refractivity contribution < 1.29 is 14.7 Å². The Bertz CT molecular complexity index is 468. The molecule has 1 atom stereocenters. The number of benzene rings is 1. The lowest BCUT2D eigenvalue weighted by Gasteiger charge is -2.14. The minimum Gasteiger partial charge on any atom is -0.394 e. The third kappa shape index (κ3) is 4.37. The van der Waals surface area contributed by atoms with Crippen LogP contribution in [-0.2, 0) is 9.59 Å². The molecule has 0 saturated heterocycles. The van der Waals surface area contributed by atoms with Crippen molar-refractivity contribution in [1.82, 2.24) is 5.32 Å². The van der Waals surface area contributed by atoms with Gasteiger partial charge in [-0.15, -0.1) is 0 Å². The largest absolute Gasteiger partial charge is 0.394 e. The Morgan fingerprint density at radius 2 is 1.95 bits per heavy atom. The van der Waals surface area contributed by atoms with Gasteiger partial charge in [0.1, 0.15) is 0 Å². The highest BCUT2D eigenvalue weighted by Crippen LogP contribution is 2.15. The van der Waals surface area contributed by atoms with Crippen molar-refractivity contribution in [3.8, 4) is 0 Å². The van der Waals surface area contributed by atoms with Crippen LogP contribution in [0.2, 0.25) is 0 Å². The number of aryl methyl sites for hydroxylation is 2. The lowest BCUT2D eigenvalue weighted by molar-refractivity contribution is -0.136. The summed E-state index contributed by atoms with van der Waals surface area (Å²) in [7, 11) is 0. The molecule has 0 aliphatic rings. The van der Waals surface area contributed by atoms with E-state index in [0.717, 1.165) is 11.1 Å². The van der Waals surface area contributed by atoms with E-state index >= 15 is 0 Å². The lowest BCUT2D eigenvalue weighted by Crippen LogP contribution is -2.43. The van der Waals surface area contributed by atoms with E-state index in [1.54, 1.807) is 6.07 Å². The fourth-order valence-corrected chi connectivity index (χ4v) is 1.66. The summed E-state index contributed by atoms with van der Waals surface area (Å²) in [5.74, 6) is -1.46. The minimum absolute atomic E-state index is 0.181. The van der Waals surface area contributed by atoms with Crippen LogP contribution < -0.4 is 10.6 Å². The Balaban J connectivity index is 2.66. The monoisotopic (exact) mass is 264 g/mol. The molecule has 1 aromatic carbocycles. The first kappa shape index (κ1) is 15.2. The summed E-state index contributed by atoms with van der Waals surface area (Å²) in [6.45, 7) is 5.46. The summed E-state index contributed by atoms with van der Waals surface area (Å²) in [6.07, 6.45) is 0.569. The predicted molar refractivity (Wildman–Crippen MR) is 73.9 cm³/mol. The van der Waals surface area contributed by atoms with E-state index in [0.29, 0.717) is 12.1 Å². The van der Waals surface area contributed by atoms with E-state index in [-0.39, 0.29) is 6.61 Å². The van der Waals surface area contributed by atoms with Crippen LogP contribution in [0.5, 0.6) is 0 Å². The molecule has 0 heterocycles. The maximum Gasteiger partial charge on any atom is 0.313 e. The summed E-state index contributed by atoms with van der Waals surface area (Å²) >= 11 is 0. The van der Waals surface area contributed by atoms with Crippen LogP contribution in [0.25, 0.3) is 0 Å². The van der Waals surface area contributed by atoms with Gasteiger partial charge < -0.3 is 15.7 Å². The van der Waals surface area contributed by atoms with Crippen molar-refractivity contribution in [2.45, 2.75) is 33.2 Å². The van der Waals surface area contributed by atoms with Gasteiger partial charge in [-0.1, -0.05) is 24.6 Å². The van der Waals surface area contributed by atoms with Crippen LogP contribution in [0.4, 0.5) is 5.69 Å².